The number of rotatable bonds is 8. The molecule has 1 heterocycles. The molecule has 1 unspecified atom stereocenters. The molecular formula is C26H36N4O2. The van der Waals surface area contributed by atoms with Crippen LogP contribution in [0.3, 0.4) is 0 Å². The molecule has 6 heteroatoms. The molecule has 6 nitrogen and oxygen atoms in total. The van der Waals surface area contributed by atoms with Crippen LogP contribution < -0.4 is 10.6 Å². The van der Waals surface area contributed by atoms with Gasteiger partial charge < -0.3 is 20.4 Å². The van der Waals surface area contributed by atoms with Crippen molar-refractivity contribution in [2.45, 2.75) is 65.1 Å². The summed E-state index contributed by atoms with van der Waals surface area (Å²) in [6.07, 6.45) is 4.38. The summed E-state index contributed by atoms with van der Waals surface area (Å²) in [5, 5.41) is 5.80. The van der Waals surface area contributed by atoms with Gasteiger partial charge in [0.25, 0.3) is 0 Å². The van der Waals surface area contributed by atoms with E-state index in [-0.39, 0.29) is 18.0 Å². The van der Waals surface area contributed by atoms with Crippen LogP contribution in [0.2, 0.25) is 0 Å². The lowest BCUT2D eigenvalue weighted by Gasteiger charge is -2.40. The minimum absolute atomic E-state index is 0.0822. The van der Waals surface area contributed by atoms with Gasteiger partial charge in [-0.25, -0.2) is 4.79 Å². The SMILES string of the molecule is CCCC(C)N1CCC(N(Cc2ccccc2)C(=O)Nc2ccc(NC(C)=O)cc2)CC1. The molecule has 1 aliphatic rings. The fourth-order valence-corrected chi connectivity index (χ4v) is 4.42. The summed E-state index contributed by atoms with van der Waals surface area (Å²) < 4.78 is 0. The van der Waals surface area contributed by atoms with Gasteiger partial charge in [0, 0.05) is 50.0 Å². The Kier molecular flexibility index (Phi) is 8.68. The first-order chi connectivity index (χ1) is 15.5. The van der Waals surface area contributed by atoms with Crippen LogP contribution in [0.1, 0.15) is 52.0 Å². The summed E-state index contributed by atoms with van der Waals surface area (Å²) in [6.45, 7) is 8.66. The molecule has 2 N–H and O–H groups in total. The summed E-state index contributed by atoms with van der Waals surface area (Å²) >= 11 is 0. The molecule has 1 saturated heterocycles. The van der Waals surface area contributed by atoms with Crippen molar-refractivity contribution in [3.05, 3.63) is 60.2 Å². The van der Waals surface area contributed by atoms with Gasteiger partial charge >= 0.3 is 6.03 Å². The van der Waals surface area contributed by atoms with E-state index < -0.39 is 0 Å². The summed E-state index contributed by atoms with van der Waals surface area (Å²) in [7, 11) is 0. The molecule has 0 aromatic heterocycles. The zero-order chi connectivity index (χ0) is 22.9. The Morgan fingerprint density at radius 3 is 2.16 bits per heavy atom. The van der Waals surface area contributed by atoms with Gasteiger partial charge in [-0.1, -0.05) is 43.7 Å². The number of amides is 3. The van der Waals surface area contributed by atoms with E-state index in [4.69, 9.17) is 0 Å². The van der Waals surface area contributed by atoms with Crippen LogP contribution in [0.25, 0.3) is 0 Å². The molecule has 0 aliphatic carbocycles. The molecule has 32 heavy (non-hydrogen) atoms. The largest absolute Gasteiger partial charge is 0.326 e. The number of carbonyl (C=O) groups excluding carboxylic acids is 2. The molecule has 1 atom stereocenters. The molecule has 0 saturated carbocycles. The van der Waals surface area contributed by atoms with Crippen LogP contribution in [0.4, 0.5) is 16.2 Å². The van der Waals surface area contributed by atoms with Crippen molar-refractivity contribution < 1.29 is 9.59 Å². The van der Waals surface area contributed by atoms with Crippen LogP contribution in [0.5, 0.6) is 0 Å². The Morgan fingerprint density at radius 1 is 1.00 bits per heavy atom. The maximum atomic E-state index is 13.3. The molecular weight excluding hydrogens is 400 g/mol. The number of hydrogen-bond donors (Lipinski definition) is 2. The standard InChI is InChI=1S/C26H36N4O2/c1-4-8-20(2)29-17-15-25(16-18-29)30(19-22-9-6-5-7-10-22)26(32)28-24-13-11-23(12-14-24)27-21(3)31/h5-7,9-14,20,25H,4,8,15-19H2,1-3H3,(H,27,31)(H,28,32). The van der Waals surface area contributed by atoms with E-state index in [9.17, 15) is 9.59 Å². The number of carbonyl (C=O) groups is 2. The third-order valence-electron chi connectivity index (χ3n) is 6.18. The van der Waals surface area contributed by atoms with Crippen LogP contribution in [0, 0.1) is 0 Å². The maximum Gasteiger partial charge on any atom is 0.322 e. The average molecular weight is 437 g/mol. The predicted octanol–water partition coefficient (Wildman–Crippen LogP) is 5.33. The second-order valence-electron chi connectivity index (χ2n) is 8.71. The van der Waals surface area contributed by atoms with E-state index in [1.165, 1.54) is 19.8 Å². The zero-order valence-electron chi connectivity index (χ0n) is 19.5. The second-order valence-corrected chi connectivity index (χ2v) is 8.71. The zero-order valence-corrected chi connectivity index (χ0v) is 19.5. The minimum Gasteiger partial charge on any atom is -0.326 e. The summed E-state index contributed by atoms with van der Waals surface area (Å²) in [5.74, 6) is -0.115. The number of nitrogens with zero attached hydrogens (tertiary/aromatic N) is 2. The Bertz CT molecular complexity index is 861. The van der Waals surface area contributed by atoms with Crippen molar-refractivity contribution in [1.29, 1.82) is 0 Å². The monoisotopic (exact) mass is 436 g/mol. The molecule has 1 fully saturated rings. The van der Waals surface area contributed by atoms with Crippen molar-refractivity contribution in [2.75, 3.05) is 23.7 Å². The van der Waals surface area contributed by atoms with Crippen molar-refractivity contribution in [2.24, 2.45) is 0 Å². The minimum atomic E-state index is -0.115. The molecule has 3 rings (SSSR count). The molecule has 2 aromatic rings. The van der Waals surface area contributed by atoms with Crippen molar-refractivity contribution >= 4 is 23.3 Å². The van der Waals surface area contributed by atoms with E-state index in [1.807, 2.05) is 35.2 Å². The molecule has 2 aromatic carbocycles. The summed E-state index contributed by atoms with van der Waals surface area (Å²) in [5.41, 5.74) is 2.56. The first-order valence-electron chi connectivity index (χ1n) is 11.7. The van der Waals surface area contributed by atoms with Gasteiger partial charge in [-0.15, -0.1) is 0 Å². The number of piperidine rings is 1. The molecule has 0 radical (unpaired) electrons. The van der Waals surface area contributed by atoms with E-state index in [0.29, 0.717) is 18.3 Å². The fourth-order valence-electron chi connectivity index (χ4n) is 4.42. The number of hydrogen-bond acceptors (Lipinski definition) is 3. The summed E-state index contributed by atoms with van der Waals surface area (Å²) in [4.78, 5) is 29.1. The third-order valence-corrected chi connectivity index (χ3v) is 6.18. The third kappa shape index (κ3) is 6.82. The number of anilines is 2. The Morgan fingerprint density at radius 2 is 1.59 bits per heavy atom. The van der Waals surface area contributed by atoms with Gasteiger partial charge in [0.05, 0.1) is 0 Å². The van der Waals surface area contributed by atoms with Crippen LogP contribution in [-0.4, -0.2) is 46.9 Å². The van der Waals surface area contributed by atoms with E-state index in [2.05, 4.69) is 41.5 Å². The van der Waals surface area contributed by atoms with Crippen LogP contribution in [0.15, 0.2) is 54.6 Å². The van der Waals surface area contributed by atoms with E-state index in [1.54, 1.807) is 12.1 Å². The van der Waals surface area contributed by atoms with E-state index in [0.717, 1.165) is 37.2 Å². The normalized spacial score (nSPS) is 15.7. The van der Waals surface area contributed by atoms with Gasteiger partial charge in [-0.3, -0.25) is 4.79 Å². The molecule has 172 valence electrons. The lowest BCUT2D eigenvalue weighted by Crippen LogP contribution is -2.50. The topological polar surface area (TPSA) is 64.7 Å². The average Bonchev–Trinajstić information content (AvgIpc) is 2.79. The van der Waals surface area contributed by atoms with Gasteiger partial charge in [-0.2, -0.15) is 0 Å². The van der Waals surface area contributed by atoms with Crippen molar-refractivity contribution in [3.8, 4) is 0 Å². The quantitative estimate of drug-likeness (QED) is 0.588. The highest BCUT2D eigenvalue weighted by atomic mass is 16.2. The second kappa shape index (κ2) is 11.7. The number of likely N-dealkylation sites (tertiary alicyclic amines) is 1. The highest BCUT2D eigenvalue weighted by Gasteiger charge is 2.29. The van der Waals surface area contributed by atoms with Gasteiger partial charge in [0.2, 0.25) is 5.91 Å². The van der Waals surface area contributed by atoms with Gasteiger partial charge in [0.15, 0.2) is 0 Å². The van der Waals surface area contributed by atoms with Crippen LogP contribution >= 0.6 is 0 Å². The van der Waals surface area contributed by atoms with E-state index >= 15 is 0 Å². The highest BCUT2D eigenvalue weighted by molar-refractivity contribution is 5.91. The Balaban J connectivity index is 1.68. The summed E-state index contributed by atoms with van der Waals surface area (Å²) in [6, 6.07) is 18.1. The number of nitrogens with one attached hydrogen (secondary N) is 2. The van der Waals surface area contributed by atoms with Gasteiger partial charge in [-0.05, 0) is 56.0 Å². The Hall–Kier alpha value is -2.86. The number of benzene rings is 2. The van der Waals surface area contributed by atoms with Crippen molar-refractivity contribution in [1.82, 2.24) is 9.80 Å². The predicted molar refractivity (Wildman–Crippen MR) is 131 cm³/mol. The lowest BCUT2D eigenvalue weighted by molar-refractivity contribution is -0.114. The van der Waals surface area contributed by atoms with Gasteiger partial charge in [0.1, 0.15) is 0 Å². The molecule has 1 aliphatic heterocycles. The number of urea groups is 1. The lowest BCUT2D eigenvalue weighted by atomic mass is 10.00. The smallest absolute Gasteiger partial charge is 0.322 e. The maximum absolute atomic E-state index is 13.3. The fraction of sp³-hybridized carbons (Fsp3) is 0.462. The molecule has 3 amide bonds. The van der Waals surface area contributed by atoms with Crippen molar-refractivity contribution in [3.63, 3.8) is 0 Å². The highest BCUT2D eigenvalue weighted by Crippen LogP contribution is 2.23. The molecule has 0 spiro atoms. The first kappa shape index (κ1) is 23.8. The van der Waals surface area contributed by atoms with Crippen LogP contribution in [-0.2, 0) is 11.3 Å². The molecule has 0 bridgehead atoms. The Labute approximate surface area is 192 Å². The first-order valence-corrected chi connectivity index (χ1v) is 11.7.